The van der Waals surface area contributed by atoms with Crippen molar-refractivity contribution in [1.29, 1.82) is 0 Å². The first-order valence-corrected chi connectivity index (χ1v) is 13.2. The van der Waals surface area contributed by atoms with Gasteiger partial charge in [0, 0.05) is 49.2 Å². The number of benzene rings is 1. The molecule has 36 heavy (non-hydrogen) atoms. The summed E-state index contributed by atoms with van der Waals surface area (Å²) in [5.74, 6) is 0.857. The van der Waals surface area contributed by atoms with Crippen molar-refractivity contribution in [3.05, 3.63) is 51.1 Å². The van der Waals surface area contributed by atoms with Crippen LogP contribution < -0.4 is 5.56 Å². The number of H-pyrrole nitrogens is 1. The molecule has 1 N–H and O–H groups in total. The zero-order chi connectivity index (χ0) is 25.9. The van der Waals surface area contributed by atoms with Gasteiger partial charge in [-0.15, -0.1) is 5.10 Å². The Balaban J connectivity index is 1.70. The van der Waals surface area contributed by atoms with Gasteiger partial charge < -0.3 is 9.72 Å². The fourth-order valence-corrected chi connectivity index (χ4v) is 5.08. The molecule has 3 heterocycles. The van der Waals surface area contributed by atoms with Crippen LogP contribution in [0.4, 0.5) is 0 Å². The minimum absolute atomic E-state index is 0.0129. The van der Waals surface area contributed by atoms with Crippen LogP contribution in [0.3, 0.4) is 0 Å². The summed E-state index contributed by atoms with van der Waals surface area (Å²) in [6.45, 7) is 18.4. The van der Waals surface area contributed by atoms with Crippen molar-refractivity contribution in [2.75, 3.05) is 39.4 Å². The lowest BCUT2D eigenvalue weighted by atomic mass is 10.0. The summed E-state index contributed by atoms with van der Waals surface area (Å²) in [5, 5.41) is 14.0. The lowest BCUT2D eigenvalue weighted by Crippen LogP contribution is -2.43. The quantitative estimate of drug-likeness (QED) is 0.460. The monoisotopic (exact) mass is 495 g/mol. The lowest BCUT2D eigenvalue weighted by molar-refractivity contribution is 0.0289. The van der Waals surface area contributed by atoms with E-state index in [-0.39, 0.29) is 17.1 Å². The van der Waals surface area contributed by atoms with E-state index >= 15 is 0 Å². The summed E-state index contributed by atoms with van der Waals surface area (Å²) in [6.07, 6.45) is 1.76. The Bertz CT molecular complexity index is 1230. The van der Waals surface area contributed by atoms with Crippen molar-refractivity contribution in [3.63, 3.8) is 0 Å². The van der Waals surface area contributed by atoms with E-state index in [4.69, 9.17) is 4.74 Å². The normalized spacial score (nSPS) is 16.2. The van der Waals surface area contributed by atoms with Gasteiger partial charge in [-0.3, -0.25) is 14.6 Å². The van der Waals surface area contributed by atoms with Crippen LogP contribution in [0.25, 0.3) is 10.9 Å². The van der Waals surface area contributed by atoms with E-state index in [2.05, 4.69) is 84.0 Å². The minimum Gasteiger partial charge on any atom is -0.379 e. The molecule has 0 bridgehead atoms. The maximum Gasteiger partial charge on any atom is 0.252 e. The third-order valence-electron chi connectivity index (χ3n) is 7.63. The number of fused-ring (bicyclic) bond motifs is 1. The SMILES string of the molecule is CCC(c1nnnn1C(C)(C)CC)N(CCN1CCOCC1)Cc1cc2c(C)cc(C)cc2[nH]c1=O. The fraction of sp³-hybridized carbons (Fsp3) is 0.630. The number of morpholine rings is 1. The number of pyridine rings is 1. The number of hydrogen-bond acceptors (Lipinski definition) is 7. The van der Waals surface area contributed by atoms with Gasteiger partial charge in [0.15, 0.2) is 5.82 Å². The summed E-state index contributed by atoms with van der Waals surface area (Å²) >= 11 is 0. The molecule has 1 saturated heterocycles. The van der Waals surface area contributed by atoms with Gasteiger partial charge in [-0.2, -0.15) is 0 Å². The molecule has 1 aromatic carbocycles. The summed E-state index contributed by atoms with van der Waals surface area (Å²) in [7, 11) is 0. The molecule has 196 valence electrons. The van der Waals surface area contributed by atoms with Gasteiger partial charge in [0.05, 0.1) is 24.8 Å². The highest BCUT2D eigenvalue weighted by Gasteiger charge is 2.31. The Morgan fingerprint density at radius 3 is 2.61 bits per heavy atom. The van der Waals surface area contributed by atoms with Crippen LogP contribution in [-0.4, -0.2) is 74.4 Å². The van der Waals surface area contributed by atoms with E-state index in [1.54, 1.807) is 0 Å². The molecule has 1 fully saturated rings. The van der Waals surface area contributed by atoms with Crippen LogP contribution in [0.5, 0.6) is 0 Å². The minimum atomic E-state index is -0.197. The molecule has 0 amide bonds. The Morgan fingerprint density at radius 2 is 1.92 bits per heavy atom. The average molecular weight is 496 g/mol. The van der Waals surface area contributed by atoms with Crippen LogP contribution >= 0.6 is 0 Å². The second-order valence-corrected chi connectivity index (χ2v) is 10.6. The number of hydrogen-bond donors (Lipinski definition) is 1. The molecule has 9 nitrogen and oxygen atoms in total. The number of aromatic amines is 1. The Kier molecular flexibility index (Phi) is 8.22. The lowest BCUT2D eigenvalue weighted by Gasteiger charge is -2.35. The van der Waals surface area contributed by atoms with E-state index in [0.717, 1.165) is 80.1 Å². The topological polar surface area (TPSA) is 92.2 Å². The van der Waals surface area contributed by atoms with Crippen LogP contribution in [0.1, 0.15) is 69.1 Å². The molecule has 2 aromatic heterocycles. The van der Waals surface area contributed by atoms with Crippen molar-refractivity contribution in [2.24, 2.45) is 0 Å². The third-order valence-corrected chi connectivity index (χ3v) is 7.63. The maximum atomic E-state index is 13.2. The molecule has 1 atom stereocenters. The number of rotatable bonds is 10. The number of tetrazole rings is 1. The van der Waals surface area contributed by atoms with Crippen LogP contribution in [0.2, 0.25) is 0 Å². The standard InChI is InChI=1S/C27H41N7O2/c1-7-24(25-29-30-31-34(25)27(5,6)8-2)33(10-9-32-11-13-36-14-12-32)18-21-17-22-20(4)15-19(3)16-23(22)28-26(21)35/h15-17,24H,7-14,18H2,1-6H3,(H,28,35). The Morgan fingerprint density at radius 1 is 1.17 bits per heavy atom. The highest BCUT2D eigenvalue weighted by Crippen LogP contribution is 2.29. The number of aromatic nitrogens is 5. The predicted octanol–water partition coefficient (Wildman–Crippen LogP) is 3.56. The second kappa shape index (κ2) is 11.2. The third kappa shape index (κ3) is 5.68. The zero-order valence-electron chi connectivity index (χ0n) is 22.7. The smallest absolute Gasteiger partial charge is 0.252 e. The predicted molar refractivity (Wildman–Crippen MR) is 142 cm³/mol. The van der Waals surface area contributed by atoms with E-state index in [0.29, 0.717) is 6.54 Å². The van der Waals surface area contributed by atoms with Crippen molar-refractivity contribution in [1.82, 2.24) is 35.0 Å². The van der Waals surface area contributed by atoms with Gasteiger partial charge >= 0.3 is 0 Å². The average Bonchev–Trinajstić information content (AvgIpc) is 3.35. The molecule has 9 heteroatoms. The first-order valence-electron chi connectivity index (χ1n) is 13.2. The summed E-state index contributed by atoms with van der Waals surface area (Å²) in [6, 6.07) is 6.26. The largest absolute Gasteiger partial charge is 0.379 e. The van der Waals surface area contributed by atoms with Gasteiger partial charge in [0.25, 0.3) is 5.56 Å². The Labute approximate surface area is 213 Å². The van der Waals surface area contributed by atoms with Gasteiger partial charge in [0.2, 0.25) is 0 Å². The van der Waals surface area contributed by atoms with Gasteiger partial charge in [0.1, 0.15) is 0 Å². The first-order chi connectivity index (χ1) is 17.2. The zero-order valence-corrected chi connectivity index (χ0v) is 22.7. The summed E-state index contributed by atoms with van der Waals surface area (Å²) < 4.78 is 7.51. The first kappa shape index (κ1) is 26.4. The molecule has 1 unspecified atom stereocenters. The van der Waals surface area contributed by atoms with Crippen LogP contribution in [0.15, 0.2) is 23.0 Å². The molecule has 3 aromatic rings. The number of nitrogens with zero attached hydrogens (tertiary/aromatic N) is 6. The van der Waals surface area contributed by atoms with Crippen molar-refractivity contribution < 1.29 is 4.74 Å². The van der Waals surface area contributed by atoms with Crippen molar-refractivity contribution in [2.45, 2.75) is 72.5 Å². The fourth-order valence-electron chi connectivity index (χ4n) is 5.08. The number of ether oxygens (including phenoxy) is 1. The second-order valence-electron chi connectivity index (χ2n) is 10.6. The maximum absolute atomic E-state index is 13.2. The number of aryl methyl sites for hydroxylation is 2. The van der Waals surface area contributed by atoms with Gasteiger partial charge in [-0.25, -0.2) is 4.68 Å². The van der Waals surface area contributed by atoms with E-state index in [1.807, 2.05) is 10.7 Å². The van der Waals surface area contributed by atoms with Gasteiger partial charge in [-0.05, 0) is 74.2 Å². The molecule has 0 spiro atoms. The summed E-state index contributed by atoms with van der Waals surface area (Å²) in [5.41, 5.74) is 3.74. The molecular formula is C27H41N7O2. The molecule has 0 saturated carbocycles. The highest BCUT2D eigenvalue weighted by atomic mass is 16.5. The van der Waals surface area contributed by atoms with Gasteiger partial charge in [-0.1, -0.05) is 19.9 Å². The Hall–Kier alpha value is -2.62. The summed E-state index contributed by atoms with van der Waals surface area (Å²) in [4.78, 5) is 21.2. The van der Waals surface area contributed by atoms with Crippen molar-refractivity contribution >= 4 is 10.9 Å². The molecular weight excluding hydrogens is 454 g/mol. The van der Waals surface area contributed by atoms with Crippen molar-refractivity contribution in [3.8, 4) is 0 Å². The van der Waals surface area contributed by atoms with Crippen LogP contribution in [0, 0.1) is 13.8 Å². The van der Waals surface area contributed by atoms with E-state index in [9.17, 15) is 4.79 Å². The molecule has 0 aliphatic carbocycles. The van der Waals surface area contributed by atoms with E-state index < -0.39 is 0 Å². The van der Waals surface area contributed by atoms with E-state index in [1.165, 1.54) is 5.56 Å². The molecule has 0 radical (unpaired) electrons. The number of nitrogens with one attached hydrogen (secondary N) is 1. The highest BCUT2D eigenvalue weighted by molar-refractivity contribution is 5.83. The molecule has 4 rings (SSSR count). The van der Waals surface area contributed by atoms with Crippen LogP contribution in [-0.2, 0) is 16.8 Å². The molecule has 1 aliphatic heterocycles. The molecule has 1 aliphatic rings.